The number of aliphatic hydroxyl groups excluding tert-OH is 1. The molecular weight excluding hydrogens is 490 g/mol. The van der Waals surface area contributed by atoms with E-state index < -0.39 is 29.2 Å². The number of allylic oxidation sites excluding steroid dienone is 1. The molecule has 1 aliphatic heterocycles. The summed E-state index contributed by atoms with van der Waals surface area (Å²) < 4.78 is 27.3. The molecule has 0 bridgehead atoms. The van der Waals surface area contributed by atoms with Gasteiger partial charge < -0.3 is 34.1 Å². The monoisotopic (exact) mass is 517 g/mol. The number of carbonyl (C=O) groups excluding carboxylic acids is 2. The molecule has 4 rings (SSSR count). The van der Waals surface area contributed by atoms with Crippen LogP contribution in [-0.4, -0.2) is 62.9 Å². The van der Waals surface area contributed by atoms with Gasteiger partial charge in [0, 0.05) is 30.3 Å². The van der Waals surface area contributed by atoms with Crippen molar-refractivity contribution in [3.63, 3.8) is 0 Å². The van der Waals surface area contributed by atoms with Crippen molar-refractivity contribution in [1.29, 1.82) is 0 Å². The summed E-state index contributed by atoms with van der Waals surface area (Å²) in [6.07, 6.45) is 0.853. The van der Waals surface area contributed by atoms with E-state index in [0.717, 1.165) is 0 Å². The number of rotatable bonds is 9. The topological polar surface area (TPSA) is 113 Å². The minimum Gasteiger partial charge on any atom is -0.497 e. The van der Waals surface area contributed by atoms with E-state index in [-0.39, 0.29) is 41.0 Å². The van der Waals surface area contributed by atoms with Gasteiger partial charge in [-0.15, -0.1) is 0 Å². The lowest BCUT2D eigenvalue weighted by molar-refractivity contribution is -0.129. The normalized spacial score (nSPS) is 21.4. The molecule has 0 saturated carbocycles. The summed E-state index contributed by atoms with van der Waals surface area (Å²) in [6.45, 7) is 1.97. The Morgan fingerprint density at radius 2 is 1.78 bits per heavy atom. The van der Waals surface area contributed by atoms with Crippen molar-refractivity contribution in [1.82, 2.24) is 5.32 Å². The summed E-state index contributed by atoms with van der Waals surface area (Å²) >= 11 is 6.41. The lowest BCUT2D eigenvalue weighted by atomic mass is 9.74. The average Bonchev–Trinajstić information content (AvgIpc) is 3.20. The first kappa shape index (κ1) is 25.7. The molecule has 0 radical (unpaired) electrons. The second-order valence-electron chi connectivity index (χ2n) is 8.63. The van der Waals surface area contributed by atoms with Gasteiger partial charge in [-0.2, -0.15) is 0 Å². The van der Waals surface area contributed by atoms with Crippen LogP contribution in [0, 0.1) is 5.92 Å². The van der Waals surface area contributed by atoms with Crippen LogP contribution in [0.2, 0.25) is 5.02 Å². The van der Waals surface area contributed by atoms with Gasteiger partial charge in [0.1, 0.15) is 46.3 Å². The highest BCUT2D eigenvalue weighted by Gasteiger charge is 2.60. The third kappa shape index (κ3) is 4.44. The maximum atomic E-state index is 13.5. The van der Waals surface area contributed by atoms with Gasteiger partial charge in [-0.25, -0.2) is 0 Å². The Labute approximate surface area is 213 Å². The van der Waals surface area contributed by atoms with Crippen LogP contribution in [0.15, 0.2) is 42.1 Å². The summed E-state index contributed by atoms with van der Waals surface area (Å²) in [7, 11) is 4.43. The van der Waals surface area contributed by atoms with Gasteiger partial charge in [0.15, 0.2) is 5.75 Å². The number of ketones is 2. The molecule has 2 N–H and O–H groups in total. The Morgan fingerprint density at radius 1 is 1.11 bits per heavy atom. The molecule has 1 spiro atoms. The maximum absolute atomic E-state index is 13.5. The van der Waals surface area contributed by atoms with Crippen LogP contribution >= 0.6 is 11.6 Å². The molecular formula is C26H28ClNO8. The molecule has 0 fully saturated rings. The van der Waals surface area contributed by atoms with Crippen LogP contribution in [0.3, 0.4) is 0 Å². The Morgan fingerprint density at radius 3 is 2.39 bits per heavy atom. The molecule has 2 aromatic rings. The smallest absolute Gasteiger partial charge is 0.236 e. The highest BCUT2D eigenvalue weighted by molar-refractivity contribution is 6.36. The molecule has 1 aliphatic carbocycles. The van der Waals surface area contributed by atoms with Crippen molar-refractivity contribution in [3.05, 3.63) is 52.7 Å². The van der Waals surface area contributed by atoms with E-state index in [9.17, 15) is 14.7 Å². The molecule has 36 heavy (non-hydrogen) atoms. The predicted octanol–water partition coefficient (Wildman–Crippen LogP) is 3.20. The standard InChI is InChI=1S/C26H28ClNO8/c1-14-9-15(28-12-16(29)13-35-18-7-5-17(32-2)6-8-18)10-21(30)26(14)25(31)22-19(33-3)11-20(34-4)23(27)24(22)36-26/h5-8,10-11,14,16,28-29H,9,12-13H2,1-4H3/t14-,16?,26+/m1/s1. The van der Waals surface area contributed by atoms with E-state index in [4.69, 9.17) is 35.3 Å². The molecule has 0 aromatic heterocycles. The van der Waals surface area contributed by atoms with Crippen molar-refractivity contribution in [3.8, 4) is 28.7 Å². The second kappa shape index (κ2) is 10.3. The van der Waals surface area contributed by atoms with Crippen LogP contribution in [0.5, 0.6) is 28.7 Å². The molecule has 1 unspecified atom stereocenters. The summed E-state index contributed by atoms with van der Waals surface area (Å²) in [5, 5.41) is 13.5. The molecule has 2 aliphatic rings. The number of carbonyl (C=O) groups is 2. The van der Waals surface area contributed by atoms with Crippen LogP contribution in [0.1, 0.15) is 23.7 Å². The zero-order chi connectivity index (χ0) is 26.0. The van der Waals surface area contributed by atoms with Gasteiger partial charge in [0.05, 0.1) is 21.3 Å². The van der Waals surface area contributed by atoms with E-state index in [1.54, 1.807) is 38.3 Å². The van der Waals surface area contributed by atoms with Crippen LogP contribution in [0.25, 0.3) is 0 Å². The van der Waals surface area contributed by atoms with Crippen LogP contribution in [-0.2, 0) is 4.79 Å². The Hall–Kier alpha value is -3.43. The van der Waals surface area contributed by atoms with Gasteiger partial charge in [0.2, 0.25) is 17.2 Å². The number of hydrogen-bond acceptors (Lipinski definition) is 9. The van der Waals surface area contributed by atoms with Crippen molar-refractivity contribution < 1.29 is 38.4 Å². The van der Waals surface area contributed by atoms with E-state index in [0.29, 0.717) is 23.6 Å². The third-order valence-corrected chi connectivity index (χ3v) is 6.73. The summed E-state index contributed by atoms with van der Waals surface area (Å²) in [5.74, 6) is 0.354. The van der Waals surface area contributed by atoms with Crippen LogP contribution < -0.4 is 29.0 Å². The quantitative estimate of drug-likeness (QED) is 0.484. The van der Waals surface area contributed by atoms with Gasteiger partial charge in [-0.1, -0.05) is 18.5 Å². The molecule has 192 valence electrons. The molecule has 9 nitrogen and oxygen atoms in total. The summed E-state index contributed by atoms with van der Waals surface area (Å²) in [5.41, 5.74) is -1.03. The molecule has 1 heterocycles. The number of fused-ring (bicyclic) bond motifs is 1. The minimum atomic E-state index is -1.74. The number of ether oxygens (including phenoxy) is 5. The number of aliphatic hydroxyl groups is 1. The summed E-state index contributed by atoms with van der Waals surface area (Å²) in [4.78, 5) is 26.8. The van der Waals surface area contributed by atoms with Gasteiger partial charge >= 0.3 is 0 Å². The van der Waals surface area contributed by atoms with Crippen molar-refractivity contribution in [2.45, 2.75) is 25.0 Å². The zero-order valence-corrected chi connectivity index (χ0v) is 21.2. The van der Waals surface area contributed by atoms with E-state index >= 15 is 0 Å². The fourth-order valence-electron chi connectivity index (χ4n) is 4.42. The predicted molar refractivity (Wildman–Crippen MR) is 132 cm³/mol. The summed E-state index contributed by atoms with van der Waals surface area (Å²) in [6, 6.07) is 8.52. The number of Topliss-reactive ketones (excluding diaryl/α,β-unsaturated/α-hetero) is 1. The van der Waals surface area contributed by atoms with E-state index in [1.165, 1.54) is 26.4 Å². The fraction of sp³-hybridized carbons (Fsp3) is 0.385. The molecule has 10 heteroatoms. The molecule has 2 aromatic carbocycles. The number of halogens is 1. The fourth-order valence-corrected chi connectivity index (χ4v) is 4.69. The molecule has 3 atom stereocenters. The van der Waals surface area contributed by atoms with Crippen molar-refractivity contribution in [2.75, 3.05) is 34.5 Å². The Bertz CT molecular complexity index is 1200. The van der Waals surface area contributed by atoms with Gasteiger partial charge in [-0.05, 0) is 30.7 Å². The highest BCUT2D eigenvalue weighted by atomic mass is 35.5. The zero-order valence-electron chi connectivity index (χ0n) is 20.4. The van der Waals surface area contributed by atoms with Crippen molar-refractivity contribution >= 4 is 23.2 Å². The number of methoxy groups -OCH3 is 3. The first-order chi connectivity index (χ1) is 17.2. The number of nitrogens with one attached hydrogen (secondary N) is 1. The minimum absolute atomic E-state index is 0.0527. The second-order valence-corrected chi connectivity index (χ2v) is 9.00. The van der Waals surface area contributed by atoms with Gasteiger partial charge in [-0.3, -0.25) is 9.59 Å². The van der Waals surface area contributed by atoms with Crippen LogP contribution in [0.4, 0.5) is 0 Å². The highest BCUT2D eigenvalue weighted by Crippen LogP contribution is 2.52. The first-order valence-corrected chi connectivity index (χ1v) is 11.7. The van der Waals surface area contributed by atoms with Gasteiger partial charge in [0.25, 0.3) is 0 Å². The molecule has 0 amide bonds. The molecule has 0 saturated heterocycles. The lowest BCUT2D eigenvalue weighted by Gasteiger charge is -2.35. The SMILES string of the molecule is COc1ccc(OCC(O)CNC2=CC(=O)[C@@]3(Oc4c(Cl)c(OC)cc(OC)c4C3=O)[C@H](C)C2)cc1. The van der Waals surface area contributed by atoms with E-state index in [1.807, 2.05) is 0 Å². The van der Waals surface area contributed by atoms with E-state index in [2.05, 4.69) is 5.32 Å². The lowest BCUT2D eigenvalue weighted by Crippen LogP contribution is -2.55. The third-order valence-electron chi connectivity index (χ3n) is 6.38. The van der Waals surface area contributed by atoms with Crippen molar-refractivity contribution in [2.24, 2.45) is 5.92 Å². The largest absolute Gasteiger partial charge is 0.497 e. The first-order valence-electron chi connectivity index (χ1n) is 11.4. The number of hydrogen-bond donors (Lipinski definition) is 2. The maximum Gasteiger partial charge on any atom is 0.236 e. The number of benzene rings is 2. The Kier molecular flexibility index (Phi) is 7.33. The average molecular weight is 518 g/mol. The Balaban J connectivity index is 1.44.